The molecule has 24 heavy (non-hydrogen) atoms. The van der Waals surface area contributed by atoms with Crippen LogP contribution in [0.25, 0.3) is 6.08 Å². The molecule has 5 heteroatoms. The quantitative estimate of drug-likeness (QED) is 0.493. The summed E-state index contributed by atoms with van der Waals surface area (Å²) in [5, 5.41) is 9.03. The zero-order chi connectivity index (χ0) is 17.5. The van der Waals surface area contributed by atoms with Gasteiger partial charge >= 0.3 is 0 Å². The summed E-state index contributed by atoms with van der Waals surface area (Å²) in [7, 11) is 1.57. The number of hydrogen-bond donors (Lipinski definition) is 1. The lowest BCUT2D eigenvalue weighted by atomic mass is 10.1. The third-order valence-corrected chi connectivity index (χ3v) is 3.62. The van der Waals surface area contributed by atoms with Crippen molar-refractivity contribution in [3.05, 3.63) is 64.7 Å². The van der Waals surface area contributed by atoms with Crippen molar-refractivity contribution in [2.75, 3.05) is 7.11 Å². The minimum atomic E-state index is 0.0659. The Balaban J connectivity index is 2.18. The maximum Gasteiger partial charge on any atom is 0.161 e. The standard InChI is InChI=1S/C19H18N2O2S/c1-13-3-5-14(6-4-13)12-23-17-8-7-15(10-18(17)22-2)9-16(11-20)19(21)24/h3-10H,12H2,1-2H3,(H2,21,24)/b16-9+. The lowest BCUT2D eigenvalue weighted by Gasteiger charge is -2.12. The van der Waals surface area contributed by atoms with Crippen LogP contribution < -0.4 is 15.2 Å². The molecule has 0 radical (unpaired) electrons. The van der Waals surface area contributed by atoms with Crippen molar-refractivity contribution in [3.8, 4) is 17.6 Å². The topological polar surface area (TPSA) is 68.3 Å². The molecule has 0 aliphatic rings. The van der Waals surface area contributed by atoms with E-state index in [1.54, 1.807) is 25.3 Å². The Bertz CT molecular complexity index is 805. The second-order valence-corrected chi connectivity index (χ2v) is 5.66. The van der Waals surface area contributed by atoms with E-state index in [9.17, 15) is 0 Å². The van der Waals surface area contributed by atoms with Gasteiger partial charge < -0.3 is 15.2 Å². The molecule has 0 spiro atoms. The molecule has 2 rings (SSSR count). The molecule has 0 amide bonds. The number of methoxy groups -OCH3 is 1. The molecule has 0 atom stereocenters. The first kappa shape index (κ1) is 17.5. The first-order chi connectivity index (χ1) is 11.5. The van der Waals surface area contributed by atoms with Crippen molar-refractivity contribution >= 4 is 23.3 Å². The van der Waals surface area contributed by atoms with E-state index in [1.807, 2.05) is 43.3 Å². The molecule has 0 heterocycles. The van der Waals surface area contributed by atoms with Crippen molar-refractivity contribution in [2.24, 2.45) is 5.73 Å². The fourth-order valence-electron chi connectivity index (χ4n) is 2.06. The number of nitriles is 1. The van der Waals surface area contributed by atoms with Crippen LogP contribution in [0.2, 0.25) is 0 Å². The van der Waals surface area contributed by atoms with Gasteiger partial charge in [0.25, 0.3) is 0 Å². The van der Waals surface area contributed by atoms with Crippen LogP contribution in [-0.2, 0) is 6.61 Å². The summed E-state index contributed by atoms with van der Waals surface area (Å²) in [6.07, 6.45) is 1.62. The van der Waals surface area contributed by atoms with E-state index >= 15 is 0 Å². The van der Waals surface area contributed by atoms with Crippen LogP contribution in [0.3, 0.4) is 0 Å². The average Bonchev–Trinajstić information content (AvgIpc) is 2.59. The molecular formula is C19H18N2O2S. The second kappa shape index (κ2) is 8.14. The van der Waals surface area contributed by atoms with E-state index in [1.165, 1.54) is 5.56 Å². The predicted octanol–water partition coefficient (Wildman–Crippen LogP) is 3.78. The number of thiocarbonyl (C=S) groups is 1. The molecule has 0 fully saturated rings. The first-order valence-electron chi connectivity index (χ1n) is 7.31. The molecular weight excluding hydrogens is 320 g/mol. The summed E-state index contributed by atoms with van der Waals surface area (Å²) in [6.45, 7) is 2.49. The third-order valence-electron chi connectivity index (χ3n) is 3.40. The van der Waals surface area contributed by atoms with E-state index in [4.69, 9.17) is 32.7 Å². The molecule has 2 N–H and O–H groups in total. The van der Waals surface area contributed by atoms with Gasteiger partial charge in [-0.1, -0.05) is 48.1 Å². The van der Waals surface area contributed by atoms with Crippen molar-refractivity contribution in [1.29, 1.82) is 5.26 Å². The minimum absolute atomic E-state index is 0.0659. The van der Waals surface area contributed by atoms with Gasteiger partial charge in [-0.05, 0) is 36.3 Å². The lowest BCUT2D eigenvalue weighted by Crippen LogP contribution is -2.09. The zero-order valence-electron chi connectivity index (χ0n) is 13.6. The highest BCUT2D eigenvalue weighted by atomic mass is 32.1. The van der Waals surface area contributed by atoms with Gasteiger partial charge in [0.1, 0.15) is 17.7 Å². The molecule has 0 unspecified atom stereocenters. The van der Waals surface area contributed by atoms with Crippen LogP contribution in [0.5, 0.6) is 11.5 Å². The number of ether oxygens (including phenoxy) is 2. The van der Waals surface area contributed by atoms with Crippen LogP contribution in [0.1, 0.15) is 16.7 Å². The Morgan fingerprint density at radius 1 is 1.21 bits per heavy atom. The molecule has 0 aliphatic heterocycles. The third kappa shape index (κ3) is 4.58. The monoisotopic (exact) mass is 338 g/mol. The smallest absolute Gasteiger partial charge is 0.161 e. The number of rotatable bonds is 6. The Kier molecular flexibility index (Phi) is 5.94. The number of nitrogens with two attached hydrogens (primary N) is 1. The summed E-state index contributed by atoms with van der Waals surface area (Å²) in [5.41, 5.74) is 8.80. The molecule has 0 aromatic heterocycles. The number of nitrogens with zero attached hydrogens (tertiary/aromatic N) is 1. The van der Waals surface area contributed by atoms with Crippen LogP contribution in [0.4, 0.5) is 0 Å². The van der Waals surface area contributed by atoms with Gasteiger partial charge in [-0.15, -0.1) is 0 Å². The molecule has 0 saturated heterocycles. The van der Waals surface area contributed by atoms with Gasteiger partial charge in [0.05, 0.1) is 12.7 Å². The van der Waals surface area contributed by atoms with E-state index in [0.29, 0.717) is 18.1 Å². The van der Waals surface area contributed by atoms with Gasteiger partial charge in [-0.3, -0.25) is 0 Å². The van der Waals surface area contributed by atoms with E-state index in [-0.39, 0.29) is 10.6 Å². The zero-order valence-corrected chi connectivity index (χ0v) is 14.4. The summed E-state index contributed by atoms with van der Waals surface area (Å²) < 4.78 is 11.2. The van der Waals surface area contributed by atoms with E-state index in [2.05, 4.69) is 0 Å². The predicted molar refractivity (Wildman–Crippen MR) is 98.9 cm³/mol. The van der Waals surface area contributed by atoms with Crippen LogP contribution >= 0.6 is 12.2 Å². The highest BCUT2D eigenvalue weighted by molar-refractivity contribution is 7.80. The molecule has 2 aromatic rings. The first-order valence-corrected chi connectivity index (χ1v) is 7.72. The largest absolute Gasteiger partial charge is 0.493 e. The number of aryl methyl sites for hydroxylation is 1. The fourth-order valence-corrected chi connectivity index (χ4v) is 2.17. The Hall–Kier alpha value is -2.84. The highest BCUT2D eigenvalue weighted by Crippen LogP contribution is 2.29. The summed E-state index contributed by atoms with van der Waals surface area (Å²) in [6, 6.07) is 15.5. The van der Waals surface area contributed by atoms with Crippen molar-refractivity contribution in [1.82, 2.24) is 0 Å². The SMILES string of the molecule is COc1cc(/C=C(\C#N)C(N)=S)ccc1OCc1ccc(C)cc1. The van der Waals surface area contributed by atoms with E-state index in [0.717, 1.165) is 11.1 Å². The van der Waals surface area contributed by atoms with Crippen molar-refractivity contribution in [2.45, 2.75) is 13.5 Å². The summed E-state index contributed by atoms with van der Waals surface area (Å²) in [4.78, 5) is 0.0659. The van der Waals surface area contributed by atoms with E-state index < -0.39 is 0 Å². The van der Waals surface area contributed by atoms with Gasteiger partial charge in [0.15, 0.2) is 11.5 Å². The molecule has 0 saturated carbocycles. The normalized spacial score (nSPS) is 10.8. The van der Waals surface area contributed by atoms with Crippen LogP contribution in [0, 0.1) is 18.3 Å². The molecule has 0 aliphatic carbocycles. The summed E-state index contributed by atoms with van der Waals surface area (Å²) in [5.74, 6) is 1.21. The van der Waals surface area contributed by atoms with Crippen molar-refractivity contribution < 1.29 is 9.47 Å². The molecule has 2 aromatic carbocycles. The Morgan fingerprint density at radius 2 is 1.92 bits per heavy atom. The Labute approximate surface area is 147 Å². The maximum absolute atomic E-state index is 9.03. The molecule has 122 valence electrons. The Morgan fingerprint density at radius 3 is 2.50 bits per heavy atom. The lowest BCUT2D eigenvalue weighted by molar-refractivity contribution is 0.284. The minimum Gasteiger partial charge on any atom is -0.493 e. The fraction of sp³-hybridized carbons (Fsp3) is 0.158. The summed E-state index contributed by atoms with van der Waals surface area (Å²) >= 11 is 4.84. The highest BCUT2D eigenvalue weighted by Gasteiger charge is 2.07. The van der Waals surface area contributed by atoms with Crippen LogP contribution in [0.15, 0.2) is 48.0 Å². The van der Waals surface area contributed by atoms with Gasteiger partial charge in [0, 0.05) is 0 Å². The molecule has 0 bridgehead atoms. The van der Waals surface area contributed by atoms with Crippen molar-refractivity contribution in [3.63, 3.8) is 0 Å². The number of benzene rings is 2. The van der Waals surface area contributed by atoms with Crippen LogP contribution in [-0.4, -0.2) is 12.1 Å². The van der Waals surface area contributed by atoms with Gasteiger partial charge in [-0.25, -0.2) is 0 Å². The maximum atomic E-state index is 9.03. The molecule has 4 nitrogen and oxygen atoms in total. The van der Waals surface area contributed by atoms with Gasteiger partial charge in [-0.2, -0.15) is 5.26 Å². The average molecular weight is 338 g/mol. The second-order valence-electron chi connectivity index (χ2n) is 5.22. The number of hydrogen-bond acceptors (Lipinski definition) is 4. The van der Waals surface area contributed by atoms with Gasteiger partial charge in [0.2, 0.25) is 0 Å².